The molecule has 0 radical (unpaired) electrons. The molecule has 0 aliphatic carbocycles. The van der Waals surface area contributed by atoms with Gasteiger partial charge in [0.15, 0.2) is 5.78 Å². The zero-order chi connectivity index (χ0) is 13.0. The lowest BCUT2D eigenvalue weighted by atomic mass is 10.0. The van der Waals surface area contributed by atoms with Crippen molar-refractivity contribution in [3.63, 3.8) is 0 Å². The van der Waals surface area contributed by atoms with E-state index in [4.69, 9.17) is 0 Å². The smallest absolute Gasteiger partial charge is 0.164 e. The van der Waals surface area contributed by atoms with Crippen LogP contribution in [-0.4, -0.2) is 5.78 Å². The maximum absolute atomic E-state index is 12.9. The standard InChI is InChI=1S/C15H12FIO/c16-12-7-8-13(14(17)10-12)15(18)9-6-11-4-2-1-3-5-11/h1-5,7-8,10H,6,9H2. The first-order valence-corrected chi connectivity index (χ1v) is 6.77. The second kappa shape index (κ2) is 6.09. The summed E-state index contributed by atoms with van der Waals surface area (Å²) >= 11 is 1.99. The van der Waals surface area contributed by atoms with Gasteiger partial charge in [0.05, 0.1) is 0 Å². The summed E-state index contributed by atoms with van der Waals surface area (Å²) < 4.78 is 13.6. The predicted octanol–water partition coefficient (Wildman–Crippen LogP) is 4.25. The molecule has 0 aliphatic rings. The highest BCUT2D eigenvalue weighted by molar-refractivity contribution is 14.1. The van der Waals surface area contributed by atoms with Crippen molar-refractivity contribution in [2.24, 2.45) is 0 Å². The summed E-state index contributed by atoms with van der Waals surface area (Å²) in [5.74, 6) is -0.248. The minimum absolute atomic E-state index is 0.0586. The number of ketones is 1. The van der Waals surface area contributed by atoms with E-state index in [0.717, 1.165) is 5.56 Å². The summed E-state index contributed by atoms with van der Waals surface area (Å²) in [6.45, 7) is 0. The van der Waals surface area contributed by atoms with E-state index in [1.54, 1.807) is 6.07 Å². The summed E-state index contributed by atoms with van der Waals surface area (Å²) in [5.41, 5.74) is 1.75. The molecule has 0 unspecified atom stereocenters. The van der Waals surface area contributed by atoms with E-state index in [0.29, 0.717) is 22.0 Å². The molecule has 0 bridgehead atoms. The van der Waals surface area contributed by atoms with Crippen LogP contribution in [0.5, 0.6) is 0 Å². The molecule has 0 atom stereocenters. The summed E-state index contributed by atoms with van der Waals surface area (Å²) in [4.78, 5) is 12.0. The fourth-order valence-electron chi connectivity index (χ4n) is 1.75. The van der Waals surface area contributed by atoms with Crippen LogP contribution in [0.4, 0.5) is 4.39 Å². The van der Waals surface area contributed by atoms with Crippen molar-refractivity contribution >= 4 is 28.4 Å². The van der Waals surface area contributed by atoms with Crippen molar-refractivity contribution in [3.05, 3.63) is 69.0 Å². The summed E-state index contributed by atoms with van der Waals surface area (Å²) in [5, 5.41) is 0. The number of hydrogen-bond acceptors (Lipinski definition) is 1. The first kappa shape index (κ1) is 13.2. The van der Waals surface area contributed by atoms with Crippen LogP contribution in [0.15, 0.2) is 48.5 Å². The van der Waals surface area contributed by atoms with E-state index in [1.807, 2.05) is 52.9 Å². The second-order valence-corrected chi connectivity index (χ2v) is 5.20. The van der Waals surface area contributed by atoms with Crippen molar-refractivity contribution in [1.29, 1.82) is 0 Å². The number of benzene rings is 2. The SMILES string of the molecule is O=C(CCc1ccccc1)c1ccc(F)cc1I. The normalized spacial score (nSPS) is 10.3. The third-order valence-corrected chi connectivity index (χ3v) is 3.61. The molecule has 0 fully saturated rings. The van der Waals surface area contributed by atoms with Gasteiger partial charge >= 0.3 is 0 Å². The topological polar surface area (TPSA) is 17.1 Å². The van der Waals surface area contributed by atoms with Crippen molar-refractivity contribution in [2.45, 2.75) is 12.8 Å². The molecular weight excluding hydrogens is 342 g/mol. The van der Waals surface area contributed by atoms with Gasteiger partial charge in [0.1, 0.15) is 5.82 Å². The summed E-state index contributed by atoms with van der Waals surface area (Å²) in [6.07, 6.45) is 1.17. The third kappa shape index (κ3) is 3.38. The Hall–Kier alpha value is -1.23. The molecule has 0 spiro atoms. The Morgan fingerprint density at radius 1 is 1.11 bits per heavy atom. The van der Waals surface area contributed by atoms with E-state index in [9.17, 15) is 9.18 Å². The van der Waals surface area contributed by atoms with Crippen molar-refractivity contribution < 1.29 is 9.18 Å². The van der Waals surface area contributed by atoms with Crippen molar-refractivity contribution in [2.75, 3.05) is 0 Å². The minimum atomic E-state index is -0.306. The number of carbonyl (C=O) groups is 1. The van der Waals surface area contributed by atoms with Gasteiger partial charge in [0.25, 0.3) is 0 Å². The van der Waals surface area contributed by atoms with Crippen LogP contribution < -0.4 is 0 Å². The van der Waals surface area contributed by atoms with Gasteiger partial charge in [0, 0.05) is 15.6 Å². The molecule has 0 N–H and O–H groups in total. The molecule has 2 aromatic rings. The van der Waals surface area contributed by atoms with Gasteiger partial charge in [-0.15, -0.1) is 0 Å². The van der Waals surface area contributed by atoms with Crippen LogP contribution in [0.2, 0.25) is 0 Å². The van der Waals surface area contributed by atoms with E-state index >= 15 is 0 Å². The van der Waals surface area contributed by atoms with Crippen molar-refractivity contribution in [3.8, 4) is 0 Å². The average molecular weight is 354 g/mol. The molecular formula is C15H12FIO. The molecule has 3 heteroatoms. The lowest BCUT2D eigenvalue weighted by Crippen LogP contribution is -2.03. The molecule has 92 valence electrons. The van der Waals surface area contributed by atoms with Gasteiger partial charge in [-0.05, 0) is 52.8 Å². The maximum atomic E-state index is 12.9. The molecule has 0 saturated heterocycles. The van der Waals surface area contributed by atoms with Crippen LogP contribution in [0.3, 0.4) is 0 Å². The van der Waals surface area contributed by atoms with E-state index < -0.39 is 0 Å². The van der Waals surface area contributed by atoms with Gasteiger partial charge < -0.3 is 0 Å². The van der Waals surface area contributed by atoms with Crippen LogP contribution in [0, 0.1) is 9.39 Å². The molecule has 18 heavy (non-hydrogen) atoms. The fourth-order valence-corrected chi connectivity index (χ4v) is 2.53. The number of aryl methyl sites for hydroxylation is 1. The highest BCUT2D eigenvalue weighted by Gasteiger charge is 2.10. The highest BCUT2D eigenvalue weighted by atomic mass is 127. The second-order valence-electron chi connectivity index (χ2n) is 4.03. The Kier molecular flexibility index (Phi) is 4.47. The monoisotopic (exact) mass is 354 g/mol. The molecule has 0 saturated carbocycles. The van der Waals surface area contributed by atoms with E-state index in [-0.39, 0.29) is 11.6 Å². The lowest BCUT2D eigenvalue weighted by molar-refractivity contribution is 0.0982. The molecule has 1 nitrogen and oxygen atoms in total. The van der Waals surface area contributed by atoms with Crippen LogP contribution in [0.1, 0.15) is 22.3 Å². The zero-order valence-electron chi connectivity index (χ0n) is 9.70. The van der Waals surface area contributed by atoms with Gasteiger partial charge in [0.2, 0.25) is 0 Å². The quantitative estimate of drug-likeness (QED) is 0.593. The summed E-state index contributed by atoms with van der Waals surface area (Å²) in [6, 6.07) is 14.2. The predicted molar refractivity (Wildman–Crippen MR) is 78.2 cm³/mol. The number of rotatable bonds is 4. The van der Waals surface area contributed by atoms with Crippen LogP contribution >= 0.6 is 22.6 Å². The van der Waals surface area contributed by atoms with Crippen LogP contribution in [-0.2, 0) is 6.42 Å². The molecule has 0 aromatic heterocycles. The molecule has 0 aliphatic heterocycles. The van der Waals surface area contributed by atoms with Gasteiger partial charge in [-0.2, -0.15) is 0 Å². The first-order valence-electron chi connectivity index (χ1n) is 5.69. The average Bonchev–Trinajstić information content (AvgIpc) is 2.37. The van der Waals surface area contributed by atoms with Crippen LogP contribution in [0.25, 0.3) is 0 Å². The van der Waals surface area contributed by atoms with Crippen molar-refractivity contribution in [1.82, 2.24) is 0 Å². The molecule has 2 rings (SSSR count). The Balaban J connectivity index is 2.04. The Morgan fingerprint density at radius 3 is 2.50 bits per heavy atom. The number of halogens is 2. The fraction of sp³-hybridized carbons (Fsp3) is 0.133. The Labute approximate surface area is 119 Å². The maximum Gasteiger partial charge on any atom is 0.164 e. The minimum Gasteiger partial charge on any atom is -0.294 e. The molecule has 0 amide bonds. The number of carbonyl (C=O) groups excluding carboxylic acids is 1. The molecule has 2 aromatic carbocycles. The number of hydrogen-bond donors (Lipinski definition) is 0. The van der Waals surface area contributed by atoms with Gasteiger partial charge in [-0.3, -0.25) is 4.79 Å². The Bertz CT molecular complexity index is 552. The highest BCUT2D eigenvalue weighted by Crippen LogP contribution is 2.16. The first-order chi connectivity index (χ1) is 8.66. The van der Waals surface area contributed by atoms with Gasteiger partial charge in [-0.1, -0.05) is 30.3 Å². The summed E-state index contributed by atoms with van der Waals surface area (Å²) in [7, 11) is 0. The lowest BCUT2D eigenvalue weighted by Gasteiger charge is -2.04. The van der Waals surface area contributed by atoms with E-state index in [1.165, 1.54) is 12.1 Å². The third-order valence-electron chi connectivity index (χ3n) is 2.72. The van der Waals surface area contributed by atoms with Gasteiger partial charge in [-0.25, -0.2) is 4.39 Å². The Morgan fingerprint density at radius 2 is 1.83 bits per heavy atom. The molecule has 0 heterocycles. The number of Topliss-reactive ketones (excluding diaryl/α,β-unsaturated/α-hetero) is 1. The largest absolute Gasteiger partial charge is 0.294 e. The zero-order valence-corrected chi connectivity index (χ0v) is 11.9. The van der Waals surface area contributed by atoms with E-state index in [2.05, 4.69) is 0 Å².